The summed E-state index contributed by atoms with van der Waals surface area (Å²) in [6.07, 6.45) is 1.45. The number of carbonyl (C=O) groups is 2. The number of nitrogens with zero attached hydrogens (tertiary/aromatic N) is 1. The third kappa shape index (κ3) is 3.81. The molecule has 2 heterocycles. The maximum atomic E-state index is 12.2. The molecule has 0 bridgehead atoms. The van der Waals surface area contributed by atoms with Crippen LogP contribution in [0.1, 0.15) is 39.9 Å². The fraction of sp³-hybridized carbons (Fsp3) is 0.389. The van der Waals surface area contributed by atoms with E-state index in [2.05, 4.69) is 21.1 Å². The Bertz CT molecular complexity index is 793. The van der Waals surface area contributed by atoms with Crippen molar-refractivity contribution < 1.29 is 14.1 Å². The van der Waals surface area contributed by atoms with Crippen LogP contribution in [0.15, 0.2) is 22.7 Å². The highest BCUT2D eigenvalue weighted by Gasteiger charge is 2.18. The topological polar surface area (TPSA) is 96.3 Å². The Morgan fingerprint density at radius 2 is 2.20 bits per heavy atom. The second-order valence-corrected chi connectivity index (χ2v) is 6.38. The largest absolute Gasteiger partial charge is 0.361 e. The van der Waals surface area contributed by atoms with Crippen LogP contribution >= 0.6 is 0 Å². The van der Waals surface area contributed by atoms with Crippen molar-refractivity contribution in [2.75, 3.05) is 11.9 Å². The molecule has 0 fully saturated rings. The van der Waals surface area contributed by atoms with E-state index in [-0.39, 0.29) is 18.0 Å². The minimum absolute atomic E-state index is 0.0854. The summed E-state index contributed by atoms with van der Waals surface area (Å²) in [6, 6.07) is 5.02. The molecule has 7 nitrogen and oxygen atoms in total. The van der Waals surface area contributed by atoms with Gasteiger partial charge in [0.2, 0.25) is 0 Å². The first-order valence-electron chi connectivity index (χ1n) is 8.34. The first-order chi connectivity index (χ1) is 11.9. The van der Waals surface area contributed by atoms with Crippen LogP contribution in [0, 0.1) is 13.8 Å². The van der Waals surface area contributed by atoms with Gasteiger partial charge >= 0.3 is 6.03 Å². The third-order valence-electron chi connectivity index (χ3n) is 4.36. The molecule has 1 aromatic heterocycles. The molecule has 1 atom stereocenters. The lowest BCUT2D eigenvalue weighted by molar-refractivity contribution is 0.0946. The fourth-order valence-electron chi connectivity index (χ4n) is 3.03. The molecule has 1 aliphatic heterocycles. The highest BCUT2D eigenvalue weighted by atomic mass is 16.5. The van der Waals surface area contributed by atoms with Crippen molar-refractivity contribution in [1.82, 2.24) is 15.8 Å². The zero-order valence-corrected chi connectivity index (χ0v) is 14.6. The van der Waals surface area contributed by atoms with Gasteiger partial charge in [0.15, 0.2) is 0 Å². The Labute approximate surface area is 146 Å². The minimum atomic E-state index is -0.310. The highest BCUT2D eigenvalue weighted by molar-refractivity contribution is 5.99. The Hall–Kier alpha value is -2.83. The van der Waals surface area contributed by atoms with Crippen LogP contribution in [-0.2, 0) is 12.8 Å². The smallest absolute Gasteiger partial charge is 0.319 e. The number of aromatic nitrogens is 1. The summed E-state index contributed by atoms with van der Waals surface area (Å²) in [6.45, 7) is 6.32. The molecule has 3 amide bonds. The van der Waals surface area contributed by atoms with Crippen LogP contribution in [0.4, 0.5) is 10.5 Å². The van der Waals surface area contributed by atoms with E-state index in [0.29, 0.717) is 24.2 Å². The third-order valence-corrected chi connectivity index (χ3v) is 4.36. The van der Waals surface area contributed by atoms with E-state index in [0.717, 1.165) is 29.0 Å². The van der Waals surface area contributed by atoms with Crippen LogP contribution in [0.5, 0.6) is 0 Å². The predicted octanol–water partition coefficient (Wildman–Crippen LogP) is 2.33. The van der Waals surface area contributed by atoms with Gasteiger partial charge in [-0.3, -0.25) is 4.79 Å². The number of fused-ring (bicyclic) bond motifs is 1. The zero-order chi connectivity index (χ0) is 18.0. The zero-order valence-electron chi connectivity index (χ0n) is 14.6. The molecule has 0 saturated carbocycles. The van der Waals surface area contributed by atoms with E-state index in [1.165, 1.54) is 0 Å². The number of hydrogen-bond donors (Lipinski definition) is 3. The average molecular weight is 342 g/mol. The molecule has 1 unspecified atom stereocenters. The molecule has 7 heteroatoms. The molecule has 2 aromatic rings. The molecular formula is C18H22N4O3. The van der Waals surface area contributed by atoms with E-state index >= 15 is 0 Å². The number of amides is 3. The second kappa shape index (κ2) is 6.96. The Morgan fingerprint density at radius 1 is 1.40 bits per heavy atom. The molecule has 0 aliphatic carbocycles. The number of benzene rings is 1. The van der Waals surface area contributed by atoms with Crippen molar-refractivity contribution in [2.24, 2.45) is 0 Å². The molecule has 3 N–H and O–H groups in total. The van der Waals surface area contributed by atoms with Crippen molar-refractivity contribution in [3.8, 4) is 0 Å². The monoisotopic (exact) mass is 342 g/mol. The van der Waals surface area contributed by atoms with Crippen LogP contribution in [-0.4, -0.2) is 29.7 Å². The Morgan fingerprint density at radius 3 is 2.92 bits per heavy atom. The summed E-state index contributed by atoms with van der Waals surface area (Å²) in [5.41, 5.74) is 4.07. The van der Waals surface area contributed by atoms with Crippen molar-refractivity contribution in [2.45, 2.75) is 39.7 Å². The van der Waals surface area contributed by atoms with Crippen LogP contribution in [0.3, 0.4) is 0 Å². The summed E-state index contributed by atoms with van der Waals surface area (Å²) >= 11 is 0. The van der Waals surface area contributed by atoms with Crippen LogP contribution in [0.25, 0.3) is 0 Å². The molecule has 0 radical (unpaired) electrons. The Kier molecular flexibility index (Phi) is 4.74. The van der Waals surface area contributed by atoms with Gasteiger partial charge in [-0.2, -0.15) is 0 Å². The second-order valence-electron chi connectivity index (χ2n) is 6.38. The van der Waals surface area contributed by atoms with Gasteiger partial charge < -0.3 is 20.5 Å². The molecule has 1 aromatic carbocycles. The lowest BCUT2D eigenvalue weighted by atomic mass is 10.00. The van der Waals surface area contributed by atoms with E-state index in [1.807, 2.05) is 32.9 Å². The molecule has 0 spiro atoms. The summed E-state index contributed by atoms with van der Waals surface area (Å²) in [7, 11) is 0. The summed E-state index contributed by atoms with van der Waals surface area (Å²) in [5, 5.41) is 12.4. The van der Waals surface area contributed by atoms with E-state index in [4.69, 9.17) is 4.52 Å². The molecule has 25 heavy (non-hydrogen) atoms. The van der Waals surface area contributed by atoms with E-state index in [9.17, 15) is 9.59 Å². The van der Waals surface area contributed by atoms with Gasteiger partial charge in [-0.1, -0.05) is 11.2 Å². The van der Waals surface area contributed by atoms with Crippen molar-refractivity contribution in [3.63, 3.8) is 0 Å². The molecule has 132 valence electrons. The number of hydrogen-bond acceptors (Lipinski definition) is 4. The maximum absolute atomic E-state index is 12.2. The first kappa shape index (κ1) is 17.0. The summed E-state index contributed by atoms with van der Waals surface area (Å²) in [5.74, 6) is 0.671. The number of urea groups is 1. The van der Waals surface area contributed by atoms with Crippen molar-refractivity contribution in [1.29, 1.82) is 0 Å². The normalized spacial score (nSPS) is 14.4. The maximum Gasteiger partial charge on any atom is 0.319 e. The molecule has 0 saturated heterocycles. The fourth-order valence-corrected chi connectivity index (χ4v) is 3.03. The predicted molar refractivity (Wildman–Crippen MR) is 93.8 cm³/mol. The van der Waals surface area contributed by atoms with Crippen LogP contribution in [0.2, 0.25) is 0 Å². The summed E-state index contributed by atoms with van der Waals surface area (Å²) < 4.78 is 5.14. The minimum Gasteiger partial charge on any atom is -0.361 e. The lowest BCUT2D eigenvalue weighted by Gasteiger charge is -2.18. The van der Waals surface area contributed by atoms with Gasteiger partial charge in [-0.25, -0.2) is 4.79 Å². The van der Waals surface area contributed by atoms with Crippen LogP contribution < -0.4 is 16.0 Å². The molecule has 3 rings (SSSR count). The highest BCUT2D eigenvalue weighted by Crippen LogP contribution is 2.19. The number of aryl methyl sites for hydroxylation is 2. The number of rotatable bonds is 4. The number of nitrogens with one attached hydrogen (secondary N) is 3. The van der Waals surface area contributed by atoms with Crippen molar-refractivity contribution in [3.05, 3.63) is 46.3 Å². The van der Waals surface area contributed by atoms with E-state index < -0.39 is 0 Å². The number of carbonyl (C=O) groups excluding carboxylic acids is 2. The summed E-state index contributed by atoms with van der Waals surface area (Å²) in [4.78, 5) is 24.1. The standard InChI is InChI=1S/C18H22N4O3/c1-10(8-15-11(2)22-25-12(15)3)20-18(24)21-14-5-4-13-6-7-19-17(23)16(13)9-14/h4-5,9-10H,6-8H2,1-3H3,(H,19,23)(H2,20,21,24). The van der Waals surface area contributed by atoms with E-state index in [1.54, 1.807) is 6.07 Å². The number of anilines is 1. The van der Waals surface area contributed by atoms with Gasteiger partial charge in [0, 0.05) is 29.4 Å². The van der Waals surface area contributed by atoms with Gasteiger partial charge in [-0.05, 0) is 51.3 Å². The first-order valence-corrected chi connectivity index (χ1v) is 8.34. The SMILES string of the molecule is Cc1noc(C)c1CC(C)NC(=O)Nc1ccc2c(c1)C(=O)NCC2. The van der Waals surface area contributed by atoms with Gasteiger partial charge in [0.05, 0.1) is 5.69 Å². The van der Waals surface area contributed by atoms with Gasteiger partial charge in [0.1, 0.15) is 5.76 Å². The molecular weight excluding hydrogens is 320 g/mol. The van der Waals surface area contributed by atoms with Gasteiger partial charge in [-0.15, -0.1) is 0 Å². The quantitative estimate of drug-likeness (QED) is 0.794. The average Bonchev–Trinajstić information content (AvgIpc) is 2.87. The Balaban J connectivity index is 1.61. The van der Waals surface area contributed by atoms with Gasteiger partial charge in [0.25, 0.3) is 5.91 Å². The molecule has 1 aliphatic rings. The van der Waals surface area contributed by atoms with Crippen molar-refractivity contribution >= 4 is 17.6 Å². The lowest BCUT2D eigenvalue weighted by Crippen LogP contribution is -2.37.